The predicted molar refractivity (Wildman–Crippen MR) is 117 cm³/mol. The van der Waals surface area contributed by atoms with Crippen molar-refractivity contribution in [2.24, 2.45) is 46.3 Å². The van der Waals surface area contributed by atoms with Crippen LogP contribution in [-0.4, -0.2) is 11.7 Å². The van der Waals surface area contributed by atoms with Crippen LogP contribution in [0.1, 0.15) is 112 Å². The van der Waals surface area contributed by atoms with E-state index in [1.165, 1.54) is 77.0 Å². The van der Waals surface area contributed by atoms with Crippen molar-refractivity contribution in [3.05, 3.63) is 0 Å². The average Bonchev–Trinajstić information content (AvgIpc) is 2.97. The first-order valence-electron chi connectivity index (χ1n) is 13.0. The summed E-state index contributed by atoms with van der Waals surface area (Å²) in [6, 6.07) is 0. The van der Waals surface area contributed by atoms with Crippen molar-refractivity contribution >= 4 is 0 Å². The molecule has 6 aliphatic rings. The fraction of sp³-hybridized carbons (Fsp3) is 1.00. The molecule has 0 radical (unpaired) electrons. The summed E-state index contributed by atoms with van der Waals surface area (Å²) in [5, 5.41) is 0. The van der Waals surface area contributed by atoms with Crippen LogP contribution in [-0.2, 0) is 4.74 Å². The number of hydrogen-bond donors (Lipinski definition) is 0. The van der Waals surface area contributed by atoms with E-state index in [1.54, 1.807) is 0 Å². The molecule has 160 valence electrons. The van der Waals surface area contributed by atoms with Crippen molar-refractivity contribution in [3.63, 3.8) is 0 Å². The first kappa shape index (κ1) is 19.9. The molecule has 0 amide bonds. The lowest BCUT2D eigenvalue weighted by atomic mass is 9.41. The third-order valence-electron chi connectivity index (χ3n) is 11.3. The second kappa shape index (κ2) is 6.73. The third-order valence-corrected chi connectivity index (χ3v) is 11.3. The van der Waals surface area contributed by atoms with Crippen molar-refractivity contribution < 1.29 is 4.74 Å². The molecular weight excluding hydrogens is 340 g/mol. The Morgan fingerprint density at radius 1 is 0.857 bits per heavy atom. The SMILES string of the molecule is CC(C)CCC[C@@H](C)[C@@H]1CC[C@@H]2[C@@H]3CC[C@@]45C[C@@H](CC[C@]4(C)[C@H]3CC[C@]21C)O5. The molecule has 4 saturated carbocycles. The quantitative estimate of drug-likeness (QED) is 0.472. The summed E-state index contributed by atoms with van der Waals surface area (Å²) < 4.78 is 6.58. The van der Waals surface area contributed by atoms with Crippen LogP contribution in [0.5, 0.6) is 0 Å². The topological polar surface area (TPSA) is 9.23 Å². The van der Waals surface area contributed by atoms with Gasteiger partial charge in [0.2, 0.25) is 0 Å². The average molecular weight is 387 g/mol. The lowest BCUT2D eigenvalue weighted by Crippen LogP contribution is -2.70. The lowest BCUT2D eigenvalue weighted by Gasteiger charge is -2.70. The monoisotopic (exact) mass is 386 g/mol. The van der Waals surface area contributed by atoms with E-state index in [4.69, 9.17) is 4.74 Å². The fourth-order valence-electron chi connectivity index (χ4n) is 9.77. The van der Waals surface area contributed by atoms with Gasteiger partial charge in [0.15, 0.2) is 0 Å². The van der Waals surface area contributed by atoms with Gasteiger partial charge in [-0.15, -0.1) is 0 Å². The second-order valence-corrected chi connectivity index (χ2v) is 12.8. The van der Waals surface area contributed by atoms with Crippen molar-refractivity contribution in [3.8, 4) is 0 Å². The number of hydrogen-bond acceptors (Lipinski definition) is 1. The van der Waals surface area contributed by atoms with Crippen LogP contribution in [0, 0.1) is 46.3 Å². The Morgan fingerprint density at radius 3 is 2.39 bits per heavy atom. The highest BCUT2D eigenvalue weighted by molar-refractivity contribution is 5.18. The molecule has 6 rings (SSSR count). The minimum Gasteiger partial charge on any atom is -0.371 e. The maximum atomic E-state index is 6.58. The smallest absolute Gasteiger partial charge is 0.0767 e. The van der Waals surface area contributed by atoms with E-state index in [0.717, 1.165) is 35.5 Å². The van der Waals surface area contributed by atoms with Crippen LogP contribution in [0.15, 0.2) is 0 Å². The first-order valence-corrected chi connectivity index (χ1v) is 13.0. The third kappa shape index (κ3) is 2.66. The van der Waals surface area contributed by atoms with Crippen molar-refractivity contribution in [1.29, 1.82) is 0 Å². The van der Waals surface area contributed by atoms with E-state index in [0.29, 0.717) is 22.5 Å². The molecule has 28 heavy (non-hydrogen) atoms. The Balaban J connectivity index is 1.31. The van der Waals surface area contributed by atoms with E-state index in [9.17, 15) is 0 Å². The Hall–Kier alpha value is -0.0400. The van der Waals surface area contributed by atoms with Crippen molar-refractivity contribution in [1.82, 2.24) is 0 Å². The first-order chi connectivity index (χ1) is 13.3. The molecule has 0 aromatic heterocycles. The van der Waals surface area contributed by atoms with Crippen LogP contribution >= 0.6 is 0 Å². The summed E-state index contributed by atoms with van der Waals surface area (Å²) in [6.45, 7) is 12.8. The van der Waals surface area contributed by atoms with Gasteiger partial charge in [-0.1, -0.05) is 53.9 Å². The molecule has 2 saturated heterocycles. The lowest BCUT2D eigenvalue weighted by molar-refractivity contribution is -0.336. The number of rotatable bonds is 5. The Kier molecular flexibility index (Phi) is 4.78. The zero-order valence-corrected chi connectivity index (χ0v) is 19.4. The standard InChI is InChI=1S/C27H46O/c1-18(2)7-6-8-19(3)22-9-10-23-21-12-16-27-17-20(28-27)11-15-26(27,5)24(21)13-14-25(22,23)4/h18-24H,6-17H2,1-5H3/t19-,20-,21+,22+,23-,24+,25+,26-,27-/m1/s1. The summed E-state index contributed by atoms with van der Waals surface area (Å²) in [5.74, 6) is 5.76. The van der Waals surface area contributed by atoms with Crippen LogP contribution < -0.4 is 0 Å². The van der Waals surface area contributed by atoms with Crippen LogP contribution in [0.3, 0.4) is 0 Å². The number of fused-ring (bicyclic) bond motifs is 4. The van der Waals surface area contributed by atoms with Gasteiger partial charge in [0.25, 0.3) is 0 Å². The highest BCUT2D eigenvalue weighted by Crippen LogP contribution is 2.72. The van der Waals surface area contributed by atoms with Gasteiger partial charge in [0, 0.05) is 6.42 Å². The van der Waals surface area contributed by atoms with Gasteiger partial charge in [-0.3, -0.25) is 0 Å². The van der Waals surface area contributed by atoms with Crippen molar-refractivity contribution in [2.75, 3.05) is 0 Å². The molecule has 1 heteroatoms. The minimum absolute atomic E-state index is 0.299. The molecule has 2 aliphatic heterocycles. The molecule has 0 aromatic carbocycles. The predicted octanol–water partition coefficient (Wildman–Crippen LogP) is 7.63. The van der Waals surface area contributed by atoms with E-state index >= 15 is 0 Å². The van der Waals surface area contributed by atoms with Gasteiger partial charge in [-0.05, 0) is 97.7 Å². The molecule has 2 bridgehead atoms. The zero-order chi connectivity index (χ0) is 19.7. The molecule has 0 N–H and O–H groups in total. The maximum absolute atomic E-state index is 6.58. The van der Waals surface area contributed by atoms with Crippen LogP contribution in [0.25, 0.3) is 0 Å². The summed E-state index contributed by atoms with van der Waals surface area (Å²) in [5.41, 5.74) is 1.43. The van der Waals surface area contributed by atoms with E-state index < -0.39 is 0 Å². The Bertz CT molecular complexity index is 589. The molecule has 1 spiro atoms. The summed E-state index contributed by atoms with van der Waals surface area (Å²) in [4.78, 5) is 0. The molecule has 6 fully saturated rings. The second-order valence-electron chi connectivity index (χ2n) is 12.8. The zero-order valence-electron chi connectivity index (χ0n) is 19.4. The van der Waals surface area contributed by atoms with Gasteiger partial charge in [-0.25, -0.2) is 0 Å². The van der Waals surface area contributed by atoms with Gasteiger partial charge >= 0.3 is 0 Å². The van der Waals surface area contributed by atoms with Gasteiger partial charge in [-0.2, -0.15) is 0 Å². The Labute approximate surface area is 174 Å². The van der Waals surface area contributed by atoms with Crippen LogP contribution in [0.4, 0.5) is 0 Å². The molecule has 1 nitrogen and oxygen atoms in total. The molecular formula is C27H46O. The fourth-order valence-corrected chi connectivity index (χ4v) is 9.77. The number of ether oxygens (including phenoxy) is 1. The highest BCUT2D eigenvalue weighted by atomic mass is 16.5. The molecule has 9 atom stereocenters. The molecule has 0 aromatic rings. The molecule has 0 unspecified atom stereocenters. The summed E-state index contributed by atoms with van der Waals surface area (Å²) in [7, 11) is 0. The maximum Gasteiger partial charge on any atom is 0.0767 e. The van der Waals surface area contributed by atoms with Gasteiger partial charge < -0.3 is 4.74 Å². The van der Waals surface area contributed by atoms with Crippen LogP contribution in [0.2, 0.25) is 0 Å². The Morgan fingerprint density at radius 2 is 1.64 bits per heavy atom. The molecule has 2 heterocycles. The largest absolute Gasteiger partial charge is 0.371 e. The summed E-state index contributed by atoms with van der Waals surface area (Å²) >= 11 is 0. The van der Waals surface area contributed by atoms with Gasteiger partial charge in [0.1, 0.15) is 0 Å². The van der Waals surface area contributed by atoms with E-state index in [-0.39, 0.29) is 0 Å². The summed E-state index contributed by atoms with van der Waals surface area (Å²) in [6.07, 6.45) is 18.1. The molecule has 4 aliphatic carbocycles. The van der Waals surface area contributed by atoms with Gasteiger partial charge in [0.05, 0.1) is 11.7 Å². The minimum atomic E-state index is 0.299. The highest BCUT2D eigenvalue weighted by Gasteiger charge is 2.69. The van der Waals surface area contributed by atoms with E-state index in [2.05, 4.69) is 34.6 Å². The van der Waals surface area contributed by atoms with Crippen molar-refractivity contribution in [2.45, 2.75) is 123 Å². The normalized spacial score (nSPS) is 53.1. The van der Waals surface area contributed by atoms with E-state index in [1.807, 2.05) is 0 Å².